The molecule has 0 saturated heterocycles. The standard InChI is InChI=1S/C36H21Br/c37-22-17-18-31-32(19-22)27-13-5-1-9-23(27)24-10-2-8-16-30(24)35-20-33-28-14-6-3-11-25(28)26-12-4-7-15-29(26)34(33)21-36(31)35/h1-21H/b24-23-,32-27-,35-30-,36-31-. The van der Waals surface area contributed by atoms with Crippen molar-refractivity contribution in [3.63, 3.8) is 0 Å². The summed E-state index contributed by atoms with van der Waals surface area (Å²) in [4.78, 5) is 0. The first-order valence-electron chi connectivity index (χ1n) is 12.6. The van der Waals surface area contributed by atoms with Crippen LogP contribution in [0.4, 0.5) is 0 Å². The minimum Gasteiger partial charge on any atom is -0.0616 e. The van der Waals surface area contributed by atoms with Gasteiger partial charge in [0.2, 0.25) is 0 Å². The molecule has 0 aromatic heterocycles. The Kier molecular flexibility index (Phi) is 4.47. The van der Waals surface area contributed by atoms with E-state index in [0.29, 0.717) is 0 Å². The van der Waals surface area contributed by atoms with Crippen LogP contribution in [0.3, 0.4) is 0 Å². The van der Waals surface area contributed by atoms with Crippen LogP contribution in [0.15, 0.2) is 132 Å². The lowest BCUT2D eigenvalue weighted by Crippen LogP contribution is -1.91. The first kappa shape index (κ1) is 20.9. The number of benzene rings is 7. The number of fused-ring (bicyclic) bond motifs is 10. The van der Waals surface area contributed by atoms with Gasteiger partial charge in [-0.2, -0.15) is 0 Å². The number of halogens is 1. The highest BCUT2D eigenvalue weighted by atomic mass is 79.9. The van der Waals surface area contributed by atoms with E-state index in [4.69, 9.17) is 0 Å². The summed E-state index contributed by atoms with van der Waals surface area (Å²) in [6, 6.07) is 46.9. The second kappa shape index (κ2) is 7.90. The van der Waals surface area contributed by atoms with Crippen LogP contribution in [0.25, 0.3) is 32.3 Å². The minimum absolute atomic E-state index is 1.09. The van der Waals surface area contributed by atoms with E-state index in [0.717, 1.165) is 4.47 Å². The van der Waals surface area contributed by atoms with Gasteiger partial charge in [-0.05, 0) is 98.3 Å². The summed E-state index contributed by atoms with van der Waals surface area (Å²) in [6.45, 7) is 0. The first-order valence-corrected chi connectivity index (χ1v) is 13.4. The lowest BCUT2D eigenvalue weighted by molar-refractivity contribution is 1.29. The zero-order valence-corrected chi connectivity index (χ0v) is 21.6. The van der Waals surface area contributed by atoms with E-state index in [9.17, 15) is 0 Å². The fourth-order valence-electron chi connectivity index (χ4n) is 6.28. The summed E-state index contributed by atoms with van der Waals surface area (Å²) >= 11 is 3.76. The average molecular weight is 533 g/mol. The number of hydrogen-bond acceptors (Lipinski definition) is 0. The molecule has 172 valence electrons. The molecule has 0 radical (unpaired) electrons. The smallest absolute Gasteiger partial charge is 0.0181 e. The molecule has 0 amide bonds. The Hall–Kier alpha value is -4.20. The van der Waals surface area contributed by atoms with E-state index >= 15 is 0 Å². The first-order chi connectivity index (χ1) is 18.3. The Labute approximate surface area is 221 Å². The molecule has 0 saturated carbocycles. The van der Waals surface area contributed by atoms with Gasteiger partial charge in [-0.15, -0.1) is 0 Å². The molecule has 0 spiro atoms. The van der Waals surface area contributed by atoms with Crippen LogP contribution in [0.1, 0.15) is 0 Å². The Balaban J connectivity index is 1.86. The molecule has 7 aromatic carbocycles. The summed E-state index contributed by atoms with van der Waals surface area (Å²) in [5.41, 5.74) is 0. The third-order valence-electron chi connectivity index (χ3n) is 7.88. The summed E-state index contributed by atoms with van der Waals surface area (Å²) < 4.78 is 1.09. The van der Waals surface area contributed by atoms with Gasteiger partial charge in [0.05, 0.1) is 0 Å². The van der Waals surface area contributed by atoms with Gasteiger partial charge >= 0.3 is 0 Å². The summed E-state index contributed by atoms with van der Waals surface area (Å²) in [7, 11) is 0. The fourth-order valence-corrected chi connectivity index (χ4v) is 6.64. The van der Waals surface area contributed by atoms with Crippen LogP contribution in [0.5, 0.6) is 0 Å². The molecule has 0 unspecified atom stereocenters. The van der Waals surface area contributed by atoms with Crippen LogP contribution in [0.2, 0.25) is 0 Å². The summed E-state index contributed by atoms with van der Waals surface area (Å²) in [5, 5.41) is 18.0. The van der Waals surface area contributed by atoms with Crippen LogP contribution in [-0.2, 0) is 0 Å². The summed E-state index contributed by atoms with van der Waals surface area (Å²) in [5.74, 6) is 0. The van der Waals surface area contributed by atoms with Crippen molar-refractivity contribution >= 4 is 48.2 Å². The topological polar surface area (TPSA) is 0 Å². The monoisotopic (exact) mass is 532 g/mol. The molecular weight excluding hydrogens is 512 g/mol. The van der Waals surface area contributed by atoms with E-state index < -0.39 is 0 Å². The largest absolute Gasteiger partial charge is 0.0616 e. The van der Waals surface area contributed by atoms with Gasteiger partial charge in [-0.3, -0.25) is 0 Å². The van der Waals surface area contributed by atoms with Gasteiger partial charge < -0.3 is 0 Å². The van der Waals surface area contributed by atoms with Gasteiger partial charge in [0.1, 0.15) is 0 Å². The van der Waals surface area contributed by atoms with E-state index in [1.807, 2.05) is 0 Å². The highest BCUT2D eigenvalue weighted by Crippen LogP contribution is 2.35. The van der Waals surface area contributed by atoms with Crippen molar-refractivity contribution in [2.75, 3.05) is 0 Å². The third kappa shape index (κ3) is 3.01. The van der Waals surface area contributed by atoms with Crippen molar-refractivity contribution < 1.29 is 0 Å². The van der Waals surface area contributed by atoms with Crippen molar-refractivity contribution in [3.8, 4) is 0 Å². The maximum atomic E-state index is 3.76. The van der Waals surface area contributed by atoms with Gasteiger partial charge in [-0.1, -0.05) is 119 Å². The molecule has 0 bridgehead atoms. The van der Waals surface area contributed by atoms with E-state index in [2.05, 4.69) is 143 Å². The Morgan fingerprint density at radius 3 is 1.05 bits per heavy atom. The average Bonchev–Trinajstić information content (AvgIpc) is 2.96. The van der Waals surface area contributed by atoms with Crippen LogP contribution >= 0.6 is 15.9 Å². The normalized spacial score (nSPS) is 15.8. The Bertz CT molecular complexity index is 2480. The zero-order chi connectivity index (χ0) is 24.5. The molecule has 1 aliphatic carbocycles. The molecule has 1 heteroatoms. The molecule has 0 aliphatic heterocycles. The van der Waals surface area contributed by atoms with Gasteiger partial charge in [0.25, 0.3) is 0 Å². The van der Waals surface area contributed by atoms with Crippen LogP contribution in [0, 0.1) is 41.7 Å². The van der Waals surface area contributed by atoms with Crippen molar-refractivity contribution in [1.82, 2.24) is 0 Å². The lowest BCUT2D eigenvalue weighted by Gasteiger charge is -2.11. The van der Waals surface area contributed by atoms with E-state index in [1.54, 1.807) is 0 Å². The molecule has 0 fully saturated rings. The van der Waals surface area contributed by atoms with Gasteiger partial charge in [-0.25, -0.2) is 0 Å². The molecule has 7 aromatic rings. The van der Waals surface area contributed by atoms with Crippen molar-refractivity contribution in [1.29, 1.82) is 0 Å². The highest BCUT2D eigenvalue weighted by Gasteiger charge is 2.10. The summed E-state index contributed by atoms with van der Waals surface area (Å²) in [6.07, 6.45) is 0. The molecule has 8 rings (SSSR count). The maximum Gasteiger partial charge on any atom is 0.0181 e. The molecular formula is C36H21Br. The molecule has 1 aliphatic rings. The predicted molar refractivity (Wildman–Crippen MR) is 157 cm³/mol. The predicted octanol–water partition coefficient (Wildman–Crippen LogP) is 9.37. The van der Waals surface area contributed by atoms with E-state index in [-0.39, 0.29) is 0 Å². The van der Waals surface area contributed by atoms with Crippen LogP contribution in [-0.4, -0.2) is 0 Å². The molecule has 0 N–H and O–H groups in total. The van der Waals surface area contributed by atoms with E-state index in [1.165, 1.54) is 74.1 Å². The highest BCUT2D eigenvalue weighted by molar-refractivity contribution is 9.10. The number of hydrogen-bond donors (Lipinski definition) is 0. The zero-order valence-electron chi connectivity index (χ0n) is 20.0. The van der Waals surface area contributed by atoms with Crippen LogP contribution < -0.4 is 0 Å². The lowest BCUT2D eigenvalue weighted by atomic mass is 9.92. The van der Waals surface area contributed by atoms with Crippen molar-refractivity contribution in [2.45, 2.75) is 0 Å². The van der Waals surface area contributed by atoms with Crippen molar-refractivity contribution in [3.05, 3.63) is 174 Å². The maximum absolute atomic E-state index is 3.76. The second-order valence-corrected chi connectivity index (χ2v) is 10.7. The van der Waals surface area contributed by atoms with Crippen molar-refractivity contribution in [2.24, 2.45) is 0 Å². The Morgan fingerprint density at radius 1 is 0.270 bits per heavy atom. The fraction of sp³-hybridized carbons (Fsp3) is 0. The molecule has 37 heavy (non-hydrogen) atoms. The van der Waals surface area contributed by atoms with Gasteiger partial charge in [0.15, 0.2) is 0 Å². The Morgan fingerprint density at radius 2 is 0.595 bits per heavy atom. The molecule has 0 atom stereocenters. The van der Waals surface area contributed by atoms with Gasteiger partial charge in [0, 0.05) is 4.47 Å². The second-order valence-electron chi connectivity index (χ2n) is 9.82. The quantitative estimate of drug-likeness (QED) is 0.170. The third-order valence-corrected chi connectivity index (χ3v) is 8.37. The molecule has 0 nitrogen and oxygen atoms in total. The number of rotatable bonds is 0. The SMILES string of the molecule is Brc1ccc2/c(c1)=c1/cccc/c1=c1\cccc\c1=c1/cc3c4ccccc4c4ccccc4c3c/c1=2. The minimum atomic E-state index is 1.09. The molecule has 0 heterocycles.